The summed E-state index contributed by atoms with van der Waals surface area (Å²) in [5, 5.41) is 13.5. The number of pyridine rings is 1. The molecule has 0 bridgehead atoms. The summed E-state index contributed by atoms with van der Waals surface area (Å²) in [6.45, 7) is 3.18. The van der Waals surface area contributed by atoms with Crippen molar-refractivity contribution in [2.75, 3.05) is 25.1 Å². The minimum absolute atomic E-state index is 0.0174. The molecule has 230 valence electrons. The van der Waals surface area contributed by atoms with Crippen LogP contribution in [0.1, 0.15) is 35.7 Å². The Bertz CT molecular complexity index is 1640. The number of carbonyl (C=O) groups is 2. The van der Waals surface area contributed by atoms with Crippen molar-refractivity contribution < 1.29 is 23.8 Å². The molecule has 44 heavy (non-hydrogen) atoms. The van der Waals surface area contributed by atoms with Gasteiger partial charge in [0.25, 0.3) is 0 Å². The molecule has 2 aromatic heterocycles. The fraction of sp³-hybridized carbons (Fsp3) is 0.312. The van der Waals surface area contributed by atoms with Crippen LogP contribution in [0.2, 0.25) is 5.02 Å². The molecule has 5 rings (SSSR count). The zero-order valence-electron chi connectivity index (χ0n) is 24.8. The number of aliphatic hydroxyl groups is 1. The van der Waals surface area contributed by atoms with E-state index >= 15 is 0 Å². The van der Waals surface area contributed by atoms with Crippen molar-refractivity contribution in [2.45, 2.75) is 38.6 Å². The number of nitrogens with zero attached hydrogens (tertiary/aromatic N) is 5. The Hall–Kier alpha value is -4.32. The highest BCUT2D eigenvalue weighted by atomic mass is 35.5. The average molecular weight is 621 g/mol. The maximum Gasteiger partial charge on any atom is 0.221 e. The topological polar surface area (TPSA) is 113 Å². The van der Waals surface area contributed by atoms with E-state index in [1.165, 1.54) is 11.0 Å². The van der Waals surface area contributed by atoms with Crippen molar-refractivity contribution in [2.24, 2.45) is 7.05 Å². The van der Waals surface area contributed by atoms with Crippen LogP contribution in [0.4, 0.5) is 10.2 Å². The molecule has 0 spiro atoms. The van der Waals surface area contributed by atoms with Gasteiger partial charge in [0.1, 0.15) is 29.7 Å². The predicted molar refractivity (Wildman–Crippen MR) is 164 cm³/mol. The number of hydrogen-bond donors (Lipinski definition) is 2. The number of amides is 2. The SMILES string of the molecule is CNC(=O)CCN(C=O)c1cnc(-c2ccc3c(n2)C(C)(CO)N(Cc2ccc(OCc4c(F)cccc4Cl)cc2)C3)n1C. The highest BCUT2D eigenvalue weighted by molar-refractivity contribution is 6.31. The Labute approximate surface area is 260 Å². The van der Waals surface area contributed by atoms with Gasteiger partial charge in [0.2, 0.25) is 12.3 Å². The first-order valence-electron chi connectivity index (χ1n) is 14.1. The van der Waals surface area contributed by atoms with Crippen molar-refractivity contribution in [3.8, 4) is 17.3 Å². The van der Waals surface area contributed by atoms with Gasteiger partial charge in [-0.05, 0) is 48.4 Å². The highest BCUT2D eigenvalue weighted by Crippen LogP contribution is 2.40. The molecule has 1 aliphatic rings. The molecule has 4 aromatic rings. The maximum atomic E-state index is 14.1. The minimum atomic E-state index is -0.752. The predicted octanol–water partition coefficient (Wildman–Crippen LogP) is 4.18. The zero-order chi connectivity index (χ0) is 31.4. The molecule has 0 saturated heterocycles. The minimum Gasteiger partial charge on any atom is -0.489 e. The quantitative estimate of drug-likeness (QED) is 0.229. The molecular formula is C32H34ClFN6O4. The van der Waals surface area contributed by atoms with E-state index in [9.17, 15) is 19.1 Å². The van der Waals surface area contributed by atoms with Gasteiger partial charge in [0.05, 0.1) is 29.1 Å². The monoisotopic (exact) mass is 620 g/mol. The summed E-state index contributed by atoms with van der Waals surface area (Å²) in [5.41, 5.74) is 2.93. The number of halogens is 2. The number of carbonyl (C=O) groups excluding carboxylic acids is 2. The summed E-state index contributed by atoms with van der Waals surface area (Å²) < 4.78 is 21.6. The second-order valence-corrected chi connectivity index (χ2v) is 11.3. The first-order chi connectivity index (χ1) is 21.2. The molecular weight excluding hydrogens is 587 g/mol. The zero-order valence-corrected chi connectivity index (χ0v) is 25.5. The van der Waals surface area contributed by atoms with E-state index in [0.29, 0.717) is 53.2 Å². The third-order valence-corrected chi connectivity index (χ3v) is 8.42. The molecule has 2 amide bonds. The lowest BCUT2D eigenvalue weighted by molar-refractivity contribution is -0.120. The van der Waals surface area contributed by atoms with Crippen molar-refractivity contribution in [3.05, 3.63) is 94.0 Å². The Morgan fingerprint density at radius 3 is 2.68 bits per heavy atom. The molecule has 0 radical (unpaired) electrons. The first kappa shape index (κ1) is 31.1. The molecule has 10 nitrogen and oxygen atoms in total. The fourth-order valence-electron chi connectivity index (χ4n) is 5.35. The molecule has 1 aliphatic heterocycles. The normalized spacial score (nSPS) is 16.0. The van der Waals surface area contributed by atoms with Gasteiger partial charge in [-0.15, -0.1) is 0 Å². The maximum absolute atomic E-state index is 14.1. The largest absolute Gasteiger partial charge is 0.489 e. The van der Waals surface area contributed by atoms with E-state index in [1.54, 1.807) is 37.0 Å². The van der Waals surface area contributed by atoms with Crippen LogP contribution in [-0.2, 0) is 41.9 Å². The molecule has 12 heteroatoms. The first-order valence-corrected chi connectivity index (χ1v) is 14.5. The highest BCUT2D eigenvalue weighted by Gasteiger charge is 2.42. The average Bonchev–Trinajstić information content (AvgIpc) is 3.54. The van der Waals surface area contributed by atoms with Gasteiger partial charge in [-0.25, -0.2) is 14.4 Å². The lowest BCUT2D eigenvalue weighted by atomic mass is 9.97. The number of ether oxygens (including phenoxy) is 1. The number of fused-ring (bicyclic) bond motifs is 1. The molecule has 0 aliphatic carbocycles. The second-order valence-electron chi connectivity index (χ2n) is 10.8. The summed E-state index contributed by atoms with van der Waals surface area (Å²) in [7, 11) is 3.34. The van der Waals surface area contributed by atoms with Gasteiger partial charge in [-0.1, -0.05) is 35.9 Å². The number of nitrogens with one attached hydrogen (secondary N) is 1. The smallest absolute Gasteiger partial charge is 0.221 e. The van der Waals surface area contributed by atoms with Crippen LogP contribution >= 0.6 is 11.6 Å². The molecule has 2 N–H and O–H groups in total. The van der Waals surface area contributed by atoms with Gasteiger partial charge in [-0.2, -0.15) is 0 Å². The molecule has 0 saturated carbocycles. The lowest BCUT2D eigenvalue weighted by Crippen LogP contribution is -2.41. The van der Waals surface area contributed by atoms with E-state index in [4.69, 9.17) is 21.3 Å². The summed E-state index contributed by atoms with van der Waals surface area (Å²) in [6, 6.07) is 16.0. The summed E-state index contributed by atoms with van der Waals surface area (Å²) in [5.74, 6) is 1.11. The van der Waals surface area contributed by atoms with Crippen LogP contribution in [0.15, 0.2) is 60.8 Å². The number of anilines is 1. The van der Waals surface area contributed by atoms with Gasteiger partial charge in [-0.3, -0.25) is 19.4 Å². The van der Waals surface area contributed by atoms with Crippen LogP contribution in [0.5, 0.6) is 5.75 Å². The molecule has 1 atom stereocenters. The van der Waals surface area contributed by atoms with Crippen LogP contribution in [0.25, 0.3) is 11.5 Å². The third kappa shape index (κ3) is 6.17. The Kier molecular flexibility index (Phi) is 9.28. The number of aromatic nitrogens is 3. The van der Waals surface area contributed by atoms with Gasteiger partial charge < -0.3 is 19.7 Å². The molecule has 3 heterocycles. The van der Waals surface area contributed by atoms with E-state index in [0.717, 1.165) is 16.8 Å². The van der Waals surface area contributed by atoms with Crippen LogP contribution in [0, 0.1) is 5.82 Å². The number of aliphatic hydroxyl groups excluding tert-OH is 1. The van der Waals surface area contributed by atoms with E-state index in [2.05, 4.69) is 15.2 Å². The summed E-state index contributed by atoms with van der Waals surface area (Å²) in [4.78, 5) is 36.6. The number of rotatable bonds is 12. The number of benzene rings is 2. The standard InChI is InChI=1S/C32H34ClFN6O4/c1-32(19-41)30-22(9-12-27(37-30)31-36-15-29(38(31)3)39(20-42)14-13-28(43)35-2)17-40(32)16-21-7-10-23(11-8-21)44-18-24-25(33)5-4-6-26(24)34/h4-12,15,20,41H,13-14,16-19H2,1-3H3,(H,35,43). The van der Waals surface area contributed by atoms with Gasteiger partial charge in [0, 0.05) is 45.7 Å². The Balaban J connectivity index is 1.30. The van der Waals surface area contributed by atoms with Crippen molar-refractivity contribution in [1.29, 1.82) is 0 Å². The molecule has 1 unspecified atom stereocenters. The summed E-state index contributed by atoms with van der Waals surface area (Å²) >= 11 is 6.11. The van der Waals surface area contributed by atoms with Crippen molar-refractivity contribution >= 4 is 29.7 Å². The van der Waals surface area contributed by atoms with Crippen molar-refractivity contribution in [1.82, 2.24) is 24.8 Å². The third-order valence-electron chi connectivity index (χ3n) is 8.07. The number of hydrogen-bond acceptors (Lipinski definition) is 7. The fourth-order valence-corrected chi connectivity index (χ4v) is 5.57. The van der Waals surface area contributed by atoms with Crippen LogP contribution in [0.3, 0.4) is 0 Å². The summed E-state index contributed by atoms with van der Waals surface area (Å²) in [6.07, 6.45) is 2.42. The number of imidazole rings is 1. The van der Waals surface area contributed by atoms with Crippen LogP contribution < -0.4 is 15.0 Å². The Morgan fingerprint density at radius 1 is 1.23 bits per heavy atom. The van der Waals surface area contributed by atoms with E-state index < -0.39 is 11.4 Å². The second kappa shape index (κ2) is 13.1. The van der Waals surface area contributed by atoms with Gasteiger partial charge in [0.15, 0.2) is 5.82 Å². The van der Waals surface area contributed by atoms with E-state index in [1.807, 2.05) is 43.3 Å². The molecule has 2 aromatic carbocycles. The van der Waals surface area contributed by atoms with Crippen LogP contribution in [-0.4, -0.2) is 57.1 Å². The lowest BCUT2D eigenvalue weighted by Gasteiger charge is -2.33. The van der Waals surface area contributed by atoms with E-state index in [-0.39, 0.29) is 32.1 Å². The molecule has 0 fully saturated rings. The Morgan fingerprint density at radius 2 is 2.00 bits per heavy atom. The van der Waals surface area contributed by atoms with Gasteiger partial charge >= 0.3 is 0 Å². The van der Waals surface area contributed by atoms with Crippen molar-refractivity contribution in [3.63, 3.8) is 0 Å².